The predicted octanol–water partition coefficient (Wildman–Crippen LogP) is 7.19. The molecule has 0 unspecified atom stereocenters. The lowest BCUT2D eigenvalue weighted by atomic mass is 9.98. The van der Waals surface area contributed by atoms with Crippen molar-refractivity contribution in [2.24, 2.45) is 0 Å². The fourth-order valence-corrected chi connectivity index (χ4v) is 5.14. The van der Waals surface area contributed by atoms with Gasteiger partial charge in [-0.15, -0.1) is 0 Å². The lowest BCUT2D eigenvalue weighted by molar-refractivity contribution is 1.34. The minimum Gasteiger partial charge on any atom is -0.308 e. The van der Waals surface area contributed by atoms with E-state index in [0.29, 0.717) is 0 Å². The SMILES string of the molecule is Clc1cccc2c1cc1c3c2ccnc3c2cccc3c4ccccc4n1c32. The number of hydrogen-bond donors (Lipinski definition) is 0. The lowest BCUT2D eigenvalue weighted by Gasteiger charge is -2.14. The molecule has 0 bridgehead atoms. The summed E-state index contributed by atoms with van der Waals surface area (Å²) in [4.78, 5) is 4.81. The minimum absolute atomic E-state index is 0.778. The molecule has 3 heterocycles. The Morgan fingerprint density at radius 2 is 1.43 bits per heavy atom. The van der Waals surface area contributed by atoms with Crippen LogP contribution in [0.15, 0.2) is 79.0 Å². The van der Waals surface area contributed by atoms with E-state index in [1.54, 1.807) is 0 Å². The van der Waals surface area contributed by atoms with Crippen LogP contribution < -0.4 is 0 Å². The van der Waals surface area contributed by atoms with Crippen molar-refractivity contribution in [2.45, 2.75) is 0 Å². The third-order valence-corrected chi connectivity index (χ3v) is 6.35. The molecule has 0 aliphatic rings. The molecule has 2 nitrogen and oxygen atoms in total. The van der Waals surface area contributed by atoms with Crippen molar-refractivity contribution in [1.29, 1.82) is 0 Å². The Balaban J connectivity index is 1.97. The van der Waals surface area contributed by atoms with Crippen LogP contribution in [0.3, 0.4) is 0 Å². The lowest BCUT2D eigenvalue weighted by Crippen LogP contribution is -1.95. The quantitative estimate of drug-likeness (QED) is 0.202. The summed E-state index contributed by atoms with van der Waals surface area (Å²) in [6.45, 7) is 0. The second kappa shape index (κ2) is 4.92. The molecule has 0 saturated heterocycles. The molecule has 0 radical (unpaired) electrons. The molecule has 4 aromatic carbocycles. The summed E-state index contributed by atoms with van der Waals surface area (Å²) >= 11 is 6.61. The Morgan fingerprint density at radius 3 is 2.39 bits per heavy atom. The van der Waals surface area contributed by atoms with Crippen molar-refractivity contribution in [1.82, 2.24) is 9.38 Å². The molecule has 0 fully saturated rings. The van der Waals surface area contributed by atoms with Crippen LogP contribution in [0.2, 0.25) is 5.02 Å². The molecule has 0 saturated carbocycles. The van der Waals surface area contributed by atoms with Gasteiger partial charge in [-0.25, -0.2) is 0 Å². The summed E-state index contributed by atoms with van der Waals surface area (Å²) in [5.74, 6) is 0. The topological polar surface area (TPSA) is 17.3 Å². The summed E-state index contributed by atoms with van der Waals surface area (Å²) in [6.07, 6.45) is 1.92. The number of benzene rings is 4. The molecule has 0 aliphatic heterocycles. The van der Waals surface area contributed by atoms with E-state index < -0.39 is 0 Å². The summed E-state index contributed by atoms with van der Waals surface area (Å²) in [5.41, 5.74) is 4.65. The van der Waals surface area contributed by atoms with Gasteiger partial charge in [-0.1, -0.05) is 60.1 Å². The summed E-state index contributed by atoms with van der Waals surface area (Å²) in [7, 11) is 0. The maximum Gasteiger partial charge on any atom is 0.0822 e. The predicted molar refractivity (Wildman–Crippen MR) is 119 cm³/mol. The molecule has 7 rings (SSSR count). The molecular weight excluding hydrogens is 364 g/mol. The molecule has 0 amide bonds. The Hall–Kier alpha value is -3.36. The average Bonchev–Trinajstić information content (AvgIpc) is 3.08. The highest BCUT2D eigenvalue weighted by atomic mass is 35.5. The first-order valence-corrected chi connectivity index (χ1v) is 9.73. The zero-order valence-electron chi connectivity index (χ0n) is 14.8. The van der Waals surface area contributed by atoms with Crippen LogP contribution in [0.4, 0.5) is 0 Å². The Labute approximate surface area is 164 Å². The monoisotopic (exact) mass is 376 g/mol. The Bertz CT molecular complexity index is 1730. The molecule has 3 aromatic heterocycles. The Morgan fingerprint density at radius 1 is 0.643 bits per heavy atom. The van der Waals surface area contributed by atoms with Crippen LogP contribution in [-0.2, 0) is 0 Å². The van der Waals surface area contributed by atoms with Gasteiger partial charge in [0.25, 0.3) is 0 Å². The molecule has 0 atom stereocenters. The smallest absolute Gasteiger partial charge is 0.0822 e. The van der Waals surface area contributed by atoms with Crippen molar-refractivity contribution >= 4 is 71.4 Å². The van der Waals surface area contributed by atoms with Crippen LogP contribution >= 0.6 is 11.6 Å². The number of hydrogen-bond acceptors (Lipinski definition) is 1. The van der Waals surface area contributed by atoms with E-state index in [9.17, 15) is 0 Å². The zero-order valence-corrected chi connectivity index (χ0v) is 15.5. The van der Waals surface area contributed by atoms with E-state index in [0.717, 1.165) is 21.4 Å². The van der Waals surface area contributed by atoms with Crippen LogP contribution in [0, 0.1) is 0 Å². The van der Waals surface area contributed by atoms with E-state index in [-0.39, 0.29) is 0 Å². The van der Waals surface area contributed by atoms with Gasteiger partial charge < -0.3 is 4.40 Å². The van der Waals surface area contributed by atoms with Gasteiger partial charge in [0.2, 0.25) is 0 Å². The van der Waals surface area contributed by atoms with Crippen LogP contribution in [0.25, 0.3) is 59.8 Å². The first-order valence-electron chi connectivity index (χ1n) is 9.36. The molecule has 0 spiro atoms. The number of nitrogens with zero attached hydrogens (tertiary/aromatic N) is 2. The molecule has 3 heteroatoms. The van der Waals surface area contributed by atoms with Gasteiger partial charge in [0.1, 0.15) is 0 Å². The van der Waals surface area contributed by atoms with Gasteiger partial charge in [-0.3, -0.25) is 4.98 Å². The van der Waals surface area contributed by atoms with Crippen molar-refractivity contribution in [3.05, 3.63) is 84.0 Å². The van der Waals surface area contributed by atoms with Gasteiger partial charge >= 0.3 is 0 Å². The van der Waals surface area contributed by atoms with Gasteiger partial charge in [-0.05, 0) is 35.0 Å². The van der Waals surface area contributed by atoms with Crippen molar-refractivity contribution < 1.29 is 0 Å². The fraction of sp³-hybridized carbons (Fsp3) is 0. The molecule has 130 valence electrons. The van der Waals surface area contributed by atoms with Crippen LogP contribution in [0.5, 0.6) is 0 Å². The molecule has 0 aliphatic carbocycles. The maximum absolute atomic E-state index is 6.61. The zero-order chi connectivity index (χ0) is 18.4. The van der Waals surface area contributed by atoms with E-state index in [1.165, 1.54) is 43.4 Å². The van der Waals surface area contributed by atoms with Crippen LogP contribution in [-0.4, -0.2) is 9.38 Å². The first-order chi connectivity index (χ1) is 13.8. The molecule has 0 N–H and O–H groups in total. The molecule has 7 aromatic rings. The number of fused-ring (bicyclic) bond motifs is 7. The van der Waals surface area contributed by atoms with Gasteiger partial charge in [0.15, 0.2) is 0 Å². The van der Waals surface area contributed by atoms with Gasteiger partial charge in [-0.2, -0.15) is 0 Å². The minimum atomic E-state index is 0.778. The first kappa shape index (κ1) is 14.7. The van der Waals surface area contributed by atoms with E-state index in [4.69, 9.17) is 16.6 Å². The van der Waals surface area contributed by atoms with Gasteiger partial charge in [0, 0.05) is 38.2 Å². The van der Waals surface area contributed by atoms with E-state index in [1.807, 2.05) is 18.3 Å². The highest BCUT2D eigenvalue weighted by Gasteiger charge is 2.19. The highest BCUT2D eigenvalue weighted by Crippen LogP contribution is 2.42. The molecule has 28 heavy (non-hydrogen) atoms. The number of rotatable bonds is 0. The van der Waals surface area contributed by atoms with Gasteiger partial charge in [0.05, 0.1) is 22.1 Å². The number of aromatic nitrogens is 2. The Kier molecular flexibility index (Phi) is 2.58. The standard InChI is InChI=1S/C25H13ClN2/c26-20-9-4-6-14-16-11-12-27-24-18-8-3-7-17-15-5-1-2-10-21(15)28(25(17)18)22(23(16)24)13-19(14)20/h1-13H. The second-order valence-corrected chi connectivity index (χ2v) is 7.77. The fourth-order valence-electron chi connectivity index (χ4n) is 4.91. The number of pyridine rings is 2. The van der Waals surface area contributed by atoms with E-state index >= 15 is 0 Å². The summed E-state index contributed by atoms with van der Waals surface area (Å²) in [6, 6.07) is 25.6. The third-order valence-electron chi connectivity index (χ3n) is 6.02. The van der Waals surface area contributed by atoms with E-state index in [2.05, 4.69) is 65.1 Å². The average molecular weight is 377 g/mol. The van der Waals surface area contributed by atoms with Crippen molar-refractivity contribution in [3.63, 3.8) is 0 Å². The van der Waals surface area contributed by atoms with Crippen LogP contribution in [0.1, 0.15) is 0 Å². The van der Waals surface area contributed by atoms with Crippen molar-refractivity contribution in [2.75, 3.05) is 0 Å². The maximum atomic E-state index is 6.61. The summed E-state index contributed by atoms with van der Waals surface area (Å²) < 4.78 is 2.39. The largest absolute Gasteiger partial charge is 0.308 e. The summed E-state index contributed by atoms with van der Waals surface area (Å²) in [5, 5.41) is 9.13. The number of halogens is 1. The third kappa shape index (κ3) is 1.59. The van der Waals surface area contributed by atoms with Crippen molar-refractivity contribution in [3.8, 4) is 0 Å². The highest BCUT2D eigenvalue weighted by molar-refractivity contribution is 6.38. The number of para-hydroxylation sites is 2. The second-order valence-electron chi connectivity index (χ2n) is 7.37. The molecular formula is C25H13ClN2. The normalized spacial score (nSPS) is 12.5.